The van der Waals surface area contributed by atoms with Gasteiger partial charge in [-0.25, -0.2) is 0 Å². The third-order valence-corrected chi connectivity index (χ3v) is 12.1. The van der Waals surface area contributed by atoms with Crippen LogP contribution in [-0.2, 0) is 14.3 Å². The normalized spacial score (nSPS) is 32.7. The van der Waals surface area contributed by atoms with E-state index in [2.05, 4.69) is 19.9 Å². The van der Waals surface area contributed by atoms with Crippen molar-refractivity contribution in [2.45, 2.75) is 122 Å². The second kappa shape index (κ2) is 14.2. The Hall–Kier alpha value is -2.99. The van der Waals surface area contributed by atoms with Crippen LogP contribution in [0.5, 0.6) is 11.5 Å². The van der Waals surface area contributed by atoms with Crippen molar-refractivity contribution >= 4 is 23.3 Å². The van der Waals surface area contributed by atoms with Crippen LogP contribution in [0, 0.1) is 28.6 Å². The zero-order chi connectivity index (χ0) is 34.1. The van der Waals surface area contributed by atoms with Gasteiger partial charge in [-0.1, -0.05) is 25.5 Å². The second-order valence-corrected chi connectivity index (χ2v) is 14.9. The summed E-state index contributed by atoms with van der Waals surface area (Å²) in [4.78, 5) is 36.6. The van der Waals surface area contributed by atoms with E-state index in [1.165, 1.54) is 24.1 Å². The van der Waals surface area contributed by atoms with Crippen molar-refractivity contribution in [3.63, 3.8) is 0 Å². The Morgan fingerprint density at radius 2 is 1.70 bits per heavy atom. The Balaban J connectivity index is 1.02. The zero-order valence-electron chi connectivity index (χ0n) is 27.7. The van der Waals surface area contributed by atoms with E-state index < -0.39 is 35.4 Å². The van der Waals surface area contributed by atoms with Crippen molar-refractivity contribution in [1.29, 1.82) is 0 Å². The van der Waals surface area contributed by atoms with E-state index in [4.69, 9.17) is 20.9 Å². The van der Waals surface area contributed by atoms with Crippen LogP contribution in [0.2, 0.25) is 0 Å². The molecule has 0 bridgehead atoms. The molecule has 9 atom stereocenters. The first-order valence-electron chi connectivity index (χ1n) is 17.2. The first-order valence-corrected chi connectivity index (χ1v) is 17.2. The summed E-state index contributed by atoms with van der Waals surface area (Å²) in [7, 11) is 0. The number of nitrogens with two attached hydrogens (primary N) is 2. The van der Waals surface area contributed by atoms with Gasteiger partial charge in [0.15, 0.2) is 5.75 Å². The number of fused-ring (bicyclic) bond motifs is 5. The highest BCUT2D eigenvalue weighted by Gasteiger charge is 2.59. The molecule has 3 saturated carbocycles. The lowest BCUT2D eigenvalue weighted by molar-refractivity contribution is -0.135. The molecular formula is C36H52N2O9. The van der Waals surface area contributed by atoms with Gasteiger partial charge in [0.05, 0.1) is 36.7 Å². The van der Waals surface area contributed by atoms with E-state index in [1.807, 2.05) is 0 Å². The van der Waals surface area contributed by atoms with Gasteiger partial charge in [-0.2, -0.15) is 0 Å². The lowest BCUT2D eigenvalue weighted by Crippen LogP contribution is -2.51. The third kappa shape index (κ3) is 7.23. The van der Waals surface area contributed by atoms with Crippen LogP contribution < -0.4 is 16.2 Å². The Kier molecular flexibility index (Phi) is 10.7. The summed E-state index contributed by atoms with van der Waals surface area (Å²) in [5.41, 5.74) is 12.1. The van der Waals surface area contributed by atoms with Gasteiger partial charge in [0.25, 0.3) is 5.91 Å². The van der Waals surface area contributed by atoms with Gasteiger partial charge in [-0.05, 0) is 105 Å². The van der Waals surface area contributed by atoms with Crippen LogP contribution in [0.1, 0.15) is 108 Å². The minimum atomic E-state index is -1.26. The number of anilines is 1. The minimum Gasteiger partial charge on any atom is -0.505 e. The smallest absolute Gasteiger partial charge is 0.311 e. The molecule has 0 aromatic heterocycles. The van der Waals surface area contributed by atoms with Crippen molar-refractivity contribution in [1.82, 2.24) is 0 Å². The van der Waals surface area contributed by atoms with Gasteiger partial charge in [-0.3, -0.25) is 14.4 Å². The van der Waals surface area contributed by atoms with Crippen molar-refractivity contribution in [2.24, 2.45) is 34.3 Å². The van der Waals surface area contributed by atoms with Crippen molar-refractivity contribution in [3.05, 3.63) is 29.3 Å². The van der Waals surface area contributed by atoms with Crippen LogP contribution in [-0.4, -0.2) is 69.1 Å². The monoisotopic (exact) mass is 656 g/mol. The largest absolute Gasteiger partial charge is 0.505 e. The number of benzene rings is 1. The molecule has 4 aliphatic rings. The number of nitrogen functional groups attached to an aromatic ring is 1. The van der Waals surface area contributed by atoms with Gasteiger partial charge in [0.1, 0.15) is 17.1 Å². The first-order chi connectivity index (χ1) is 22.2. The lowest BCUT2D eigenvalue weighted by atomic mass is 9.48. The van der Waals surface area contributed by atoms with Crippen LogP contribution in [0.25, 0.3) is 0 Å². The Morgan fingerprint density at radius 1 is 0.979 bits per heavy atom. The molecule has 5 unspecified atom stereocenters. The van der Waals surface area contributed by atoms with E-state index in [0.717, 1.165) is 44.9 Å². The number of ether oxygens (including phenoxy) is 2. The number of Topliss-reactive ketones (excluding diaryl/α,β-unsaturated/α-hetero) is 1. The number of carbonyl (C=O) groups excluding carboxylic acids is 3. The number of allylic oxidation sites excluding steroid dienone is 1. The minimum absolute atomic E-state index is 0.0459. The number of hydrogen-bond donors (Lipinski definition) is 6. The number of amides is 1. The Morgan fingerprint density at radius 3 is 2.43 bits per heavy atom. The topological polar surface area (TPSA) is 203 Å². The first kappa shape index (κ1) is 35.3. The quantitative estimate of drug-likeness (QED) is 0.0594. The molecule has 1 amide bonds. The number of carbonyl (C=O) groups is 3. The highest BCUT2D eigenvalue weighted by atomic mass is 16.5. The molecule has 47 heavy (non-hydrogen) atoms. The molecule has 0 aliphatic heterocycles. The molecule has 1 aromatic carbocycles. The SMILES string of the molecule is C[C@@]12CC[C@@H](O)CC1=CCC1C2CC[C@]2(C)C1CC[C@H]2OCCC(=O)CCC(O)C(O)CCC(=O)Oc1ccc(N)c(O)c1C(N)=O. The number of aliphatic hydroxyl groups excluding tert-OH is 3. The van der Waals surface area contributed by atoms with Gasteiger partial charge in [-0.15, -0.1) is 0 Å². The van der Waals surface area contributed by atoms with Crippen LogP contribution >= 0.6 is 0 Å². The number of phenols is 1. The third-order valence-electron chi connectivity index (χ3n) is 12.1. The molecule has 4 aliphatic carbocycles. The number of primary amides is 1. The average Bonchev–Trinajstić information content (AvgIpc) is 3.36. The van der Waals surface area contributed by atoms with Crippen LogP contribution in [0.3, 0.4) is 0 Å². The average molecular weight is 657 g/mol. The Bertz CT molecular complexity index is 1380. The van der Waals surface area contributed by atoms with Gasteiger partial charge in [0.2, 0.25) is 0 Å². The number of aliphatic hydroxyl groups is 3. The van der Waals surface area contributed by atoms with Crippen molar-refractivity contribution in [2.75, 3.05) is 12.3 Å². The summed E-state index contributed by atoms with van der Waals surface area (Å²) >= 11 is 0. The van der Waals surface area contributed by atoms with E-state index in [-0.39, 0.29) is 72.4 Å². The molecule has 0 spiro atoms. The molecule has 1 aromatic rings. The molecule has 0 heterocycles. The standard InChI is InChI=1S/C36H52N2O9/c1-35-16-13-22(40)19-20(35)3-5-23-24-6-11-30(36(24,2)17-14-25(23)35)46-18-15-21(39)4-8-27(41)28(42)9-12-31(43)47-29-10-7-26(37)33(44)32(29)34(38)45/h3,7,10,22-25,27-28,30,40-42,44H,4-6,8-9,11-19,37H2,1-2H3,(H2,38,45)/t22-,23?,24?,25?,27?,28?,30-,35-,36-/m1/s1. The molecule has 11 nitrogen and oxygen atoms in total. The molecule has 0 saturated heterocycles. The Labute approximate surface area is 276 Å². The second-order valence-electron chi connectivity index (χ2n) is 14.9. The maximum atomic E-state index is 12.7. The maximum Gasteiger partial charge on any atom is 0.311 e. The predicted molar refractivity (Wildman–Crippen MR) is 174 cm³/mol. The van der Waals surface area contributed by atoms with Crippen LogP contribution in [0.15, 0.2) is 23.8 Å². The zero-order valence-corrected chi connectivity index (χ0v) is 27.7. The molecule has 3 fully saturated rings. The fourth-order valence-corrected chi connectivity index (χ4v) is 9.35. The predicted octanol–water partition coefficient (Wildman–Crippen LogP) is 3.93. The molecular weight excluding hydrogens is 604 g/mol. The van der Waals surface area contributed by atoms with Gasteiger partial charge in [0, 0.05) is 19.3 Å². The summed E-state index contributed by atoms with van der Waals surface area (Å²) in [5, 5.41) is 41.0. The summed E-state index contributed by atoms with van der Waals surface area (Å²) in [5.74, 6) is -0.833. The van der Waals surface area contributed by atoms with E-state index in [9.17, 15) is 34.8 Å². The lowest BCUT2D eigenvalue weighted by Gasteiger charge is -2.57. The highest BCUT2D eigenvalue weighted by molar-refractivity contribution is 6.00. The summed E-state index contributed by atoms with van der Waals surface area (Å²) in [6, 6.07) is 2.49. The summed E-state index contributed by atoms with van der Waals surface area (Å²) in [6.45, 7) is 5.14. The maximum absolute atomic E-state index is 12.7. The van der Waals surface area contributed by atoms with Gasteiger partial charge >= 0.3 is 5.97 Å². The molecule has 5 rings (SSSR count). The molecule has 11 heteroatoms. The number of rotatable bonds is 13. The number of hydrogen-bond acceptors (Lipinski definition) is 10. The summed E-state index contributed by atoms with van der Waals surface area (Å²) in [6.07, 6.45) is 8.15. The van der Waals surface area contributed by atoms with Gasteiger partial charge < -0.3 is 41.4 Å². The highest BCUT2D eigenvalue weighted by Crippen LogP contribution is 2.65. The number of aromatic hydroxyl groups is 1. The van der Waals surface area contributed by atoms with E-state index >= 15 is 0 Å². The molecule has 0 radical (unpaired) electrons. The van der Waals surface area contributed by atoms with Crippen LogP contribution in [0.4, 0.5) is 5.69 Å². The fraction of sp³-hybridized carbons (Fsp3) is 0.694. The van der Waals surface area contributed by atoms with E-state index in [1.54, 1.807) is 0 Å². The van der Waals surface area contributed by atoms with Crippen molar-refractivity contribution in [3.8, 4) is 11.5 Å². The number of esters is 1. The molecule has 8 N–H and O–H groups in total. The van der Waals surface area contributed by atoms with Crippen molar-refractivity contribution < 1.29 is 44.3 Å². The summed E-state index contributed by atoms with van der Waals surface area (Å²) < 4.78 is 11.5. The number of ketones is 1. The van der Waals surface area contributed by atoms with E-state index in [0.29, 0.717) is 24.4 Å². The molecule has 260 valence electrons. The fourth-order valence-electron chi connectivity index (χ4n) is 9.35.